The van der Waals surface area contributed by atoms with Gasteiger partial charge in [-0.05, 0) is 37.0 Å². The van der Waals surface area contributed by atoms with Crippen LogP contribution in [0, 0.1) is 17.8 Å². The molecule has 2 rings (SSSR count). The van der Waals surface area contributed by atoms with E-state index in [4.69, 9.17) is 5.73 Å². The molecule has 1 aliphatic carbocycles. The molecule has 0 unspecified atom stereocenters. The van der Waals surface area contributed by atoms with Crippen molar-refractivity contribution in [3.05, 3.63) is 29.8 Å². The van der Waals surface area contributed by atoms with Gasteiger partial charge in [-0.3, -0.25) is 0 Å². The van der Waals surface area contributed by atoms with Crippen molar-refractivity contribution in [2.75, 3.05) is 12.3 Å². The summed E-state index contributed by atoms with van der Waals surface area (Å²) in [6, 6.07) is 8.47. The van der Waals surface area contributed by atoms with Crippen molar-refractivity contribution < 1.29 is 0 Å². The average molecular weight is 245 g/mol. The summed E-state index contributed by atoms with van der Waals surface area (Å²) in [5, 5.41) is 0. The van der Waals surface area contributed by atoms with Crippen molar-refractivity contribution in [2.24, 2.45) is 11.7 Å². The molecule has 1 fully saturated rings. The fourth-order valence-electron chi connectivity index (χ4n) is 2.21. The molecular formula is C15H19NS. The maximum absolute atomic E-state index is 5.38. The monoisotopic (exact) mass is 245 g/mol. The van der Waals surface area contributed by atoms with Gasteiger partial charge >= 0.3 is 0 Å². The molecule has 1 saturated carbocycles. The third-order valence-electron chi connectivity index (χ3n) is 3.13. The topological polar surface area (TPSA) is 26.0 Å². The van der Waals surface area contributed by atoms with Crippen LogP contribution in [-0.4, -0.2) is 12.3 Å². The highest BCUT2D eigenvalue weighted by molar-refractivity contribution is 7.99. The van der Waals surface area contributed by atoms with E-state index in [0.717, 1.165) is 11.5 Å². The average Bonchev–Trinajstić information content (AvgIpc) is 2.87. The first kappa shape index (κ1) is 12.5. The van der Waals surface area contributed by atoms with Crippen molar-refractivity contribution in [1.29, 1.82) is 0 Å². The highest BCUT2D eigenvalue weighted by atomic mass is 32.2. The molecule has 1 aromatic rings. The van der Waals surface area contributed by atoms with E-state index in [9.17, 15) is 0 Å². The Morgan fingerprint density at radius 3 is 2.88 bits per heavy atom. The van der Waals surface area contributed by atoms with E-state index in [1.54, 1.807) is 0 Å². The smallest absolute Gasteiger partial charge is 0.0555 e. The summed E-state index contributed by atoms with van der Waals surface area (Å²) in [7, 11) is 0. The highest BCUT2D eigenvalue weighted by Crippen LogP contribution is 2.31. The maximum atomic E-state index is 5.38. The van der Waals surface area contributed by atoms with Crippen molar-refractivity contribution in [3.8, 4) is 11.8 Å². The molecule has 0 atom stereocenters. The number of hydrogen-bond acceptors (Lipinski definition) is 2. The normalized spacial score (nSPS) is 15.6. The summed E-state index contributed by atoms with van der Waals surface area (Å²) in [6.07, 6.45) is 5.68. The Morgan fingerprint density at radius 1 is 1.29 bits per heavy atom. The number of thioether (sulfide) groups is 1. The van der Waals surface area contributed by atoms with E-state index in [0.29, 0.717) is 6.54 Å². The van der Waals surface area contributed by atoms with Crippen LogP contribution in [0.5, 0.6) is 0 Å². The summed E-state index contributed by atoms with van der Waals surface area (Å²) in [6.45, 7) is 0.430. The van der Waals surface area contributed by atoms with E-state index in [2.05, 4.69) is 30.0 Å². The zero-order valence-corrected chi connectivity index (χ0v) is 10.9. The predicted octanol–water partition coefficient (Wildman–Crippen LogP) is 3.28. The Labute approximate surface area is 108 Å². The van der Waals surface area contributed by atoms with Gasteiger partial charge in [-0.25, -0.2) is 0 Å². The molecule has 0 radical (unpaired) electrons. The SMILES string of the molecule is NCC#Cc1cccc(SCC2CCCC2)c1. The van der Waals surface area contributed by atoms with Crippen LogP contribution in [0.25, 0.3) is 0 Å². The van der Waals surface area contributed by atoms with Crippen LogP contribution in [0.1, 0.15) is 31.2 Å². The van der Waals surface area contributed by atoms with Gasteiger partial charge in [0.25, 0.3) is 0 Å². The van der Waals surface area contributed by atoms with Gasteiger partial charge in [-0.2, -0.15) is 0 Å². The van der Waals surface area contributed by atoms with Crippen LogP contribution in [0.2, 0.25) is 0 Å². The lowest BCUT2D eigenvalue weighted by Gasteiger charge is -2.08. The standard InChI is InChI=1S/C15H19NS/c16-10-4-8-13-7-3-9-15(11-13)17-12-14-5-1-2-6-14/h3,7,9,11,14H,1-2,5-6,10,12,16H2. The molecular weight excluding hydrogens is 226 g/mol. The van der Waals surface area contributed by atoms with Gasteiger partial charge in [0.2, 0.25) is 0 Å². The molecule has 2 N–H and O–H groups in total. The molecule has 1 nitrogen and oxygen atoms in total. The summed E-state index contributed by atoms with van der Waals surface area (Å²) in [4.78, 5) is 1.33. The van der Waals surface area contributed by atoms with Gasteiger partial charge in [-0.15, -0.1) is 11.8 Å². The minimum Gasteiger partial charge on any atom is -0.320 e. The molecule has 0 saturated heterocycles. The van der Waals surface area contributed by atoms with E-state index in [1.165, 1.54) is 36.3 Å². The Kier molecular flexibility index (Phi) is 4.97. The van der Waals surface area contributed by atoms with Crippen LogP contribution in [0.3, 0.4) is 0 Å². The lowest BCUT2D eigenvalue weighted by molar-refractivity contribution is 0.623. The lowest BCUT2D eigenvalue weighted by atomic mass is 10.1. The quantitative estimate of drug-likeness (QED) is 0.653. The third-order valence-corrected chi connectivity index (χ3v) is 4.35. The van der Waals surface area contributed by atoms with E-state index in [-0.39, 0.29) is 0 Å². The van der Waals surface area contributed by atoms with Crippen molar-refractivity contribution in [2.45, 2.75) is 30.6 Å². The molecule has 0 heterocycles. The summed E-state index contributed by atoms with van der Waals surface area (Å²) in [5.74, 6) is 8.17. The molecule has 17 heavy (non-hydrogen) atoms. The van der Waals surface area contributed by atoms with E-state index in [1.807, 2.05) is 17.8 Å². The minimum atomic E-state index is 0.430. The Bertz CT molecular complexity index is 410. The van der Waals surface area contributed by atoms with Gasteiger partial charge in [-0.1, -0.05) is 30.7 Å². The summed E-state index contributed by atoms with van der Waals surface area (Å²) in [5.41, 5.74) is 6.45. The van der Waals surface area contributed by atoms with Gasteiger partial charge in [0.05, 0.1) is 6.54 Å². The molecule has 0 aromatic heterocycles. The Morgan fingerprint density at radius 2 is 2.12 bits per heavy atom. The van der Waals surface area contributed by atoms with Gasteiger partial charge < -0.3 is 5.73 Å². The zero-order chi connectivity index (χ0) is 11.9. The third kappa shape index (κ3) is 4.11. The molecule has 0 amide bonds. The Hall–Kier alpha value is -0.910. The zero-order valence-electron chi connectivity index (χ0n) is 10.1. The second kappa shape index (κ2) is 6.74. The fraction of sp³-hybridized carbons (Fsp3) is 0.467. The van der Waals surface area contributed by atoms with Crippen LogP contribution in [0.15, 0.2) is 29.2 Å². The fourth-order valence-corrected chi connectivity index (χ4v) is 3.35. The van der Waals surface area contributed by atoms with E-state index >= 15 is 0 Å². The second-order valence-corrected chi connectivity index (χ2v) is 5.59. The van der Waals surface area contributed by atoms with Crippen molar-refractivity contribution in [1.82, 2.24) is 0 Å². The first-order chi connectivity index (χ1) is 8.38. The molecule has 1 aromatic carbocycles. The van der Waals surface area contributed by atoms with Crippen LogP contribution in [-0.2, 0) is 0 Å². The van der Waals surface area contributed by atoms with Gasteiger partial charge in [0.15, 0.2) is 0 Å². The number of nitrogens with two attached hydrogens (primary N) is 1. The number of rotatable bonds is 3. The Balaban J connectivity index is 1.91. The molecule has 2 heteroatoms. The minimum absolute atomic E-state index is 0.430. The van der Waals surface area contributed by atoms with Crippen LogP contribution < -0.4 is 5.73 Å². The van der Waals surface area contributed by atoms with Crippen molar-refractivity contribution >= 4 is 11.8 Å². The lowest BCUT2D eigenvalue weighted by Crippen LogP contribution is -1.96. The predicted molar refractivity (Wildman–Crippen MR) is 75.1 cm³/mol. The number of benzene rings is 1. The van der Waals surface area contributed by atoms with Crippen molar-refractivity contribution in [3.63, 3.8) is 0 Å². The summed E-state index contributed by atoms with van der Waals surface area (Å²) >= 11 is 1.97. The van der Waals surface area contributed by atoms with Crippen LogP contribution >= 0.6 is 11.8 Å². The van der Waals surface area contributed by atoms with E-state index < -0.39 is 0 Å². The van der Waals surface area contributed by atoms with Gasteiger partial charge in [0, 0.05) is 16.2 Å². The molecule has 0 aliphatic heterocycles. The first-order valence-corrected chi connectivity index (χ1v) is 7.29. The second-order valence-electron chi connectivity index (χ2n) is 4.50. The summed E-state index contributed by atoms with van der Waals surface area (Å²) < 4.78 is 0. The molecule has 0 bridgehead atoms. The van der Waals surface area contributed by atoms with Crippen LogP contribution in [0.4, 0.5) is 0 Å². The maximum Gasteiger partial charge on any atom is 0.0555 e. The molecule has 1 aliphatic rings. The largest absolute Gasteiger partial charge is 0.320 e. The molecule has 90 valence electrons. The number of hydrogen-bond donors (Lipinski definition) is 1. The highest BCUT2D eigenvalue weighted by Gasteiger charge is 2.14. The molecule has 0 spiro atoms. The first-order valence-electron chi connectivity index (χ1n) is 6.30. The van der Waals surface area contributed by atoms with Gasteiger partial charge in [0.1, 0.15) is 0 Å².